The maximum atomic E-state index is 11.1. The van der Waals surface area contributed by atoms with Gasteiger partial charge in [-0.25, -0.2) is 0 Å². The van der Waals surface area contributed by atoms with Crippen LogP contribution in [0.5, 0.6) is 0 Å². The van der Waals surface area contributed by atoms with E-state index >= 15 is 0 Å². The van der Waals surface area contributed by atoms with Gasteiger partial charge in [0.1, 0.15) is 0 Å². The Kier molecular flexibility index (Phi) is 5.93. The molecule has 0 fully saturated rings. The topological polar surface area (TPSA) is 52.6 Å². The largest absolute Gasteiger partial charge is 0.469 e. The van der Waals surface area contributed by atoms with Gasteiger partial charge in [0.25, 0.3) is 0 Å². The molecular weight excluding hydrogens is 172 g/mol. The van der Waals surface area contributed by atoms with Gasteiger partial charge in [0.2, 0.25) is 0 Å². The highest BCUT2D eigenvalue weighted by Gasteiger charge is 2.21. The second-order valence-electron chi connectivity index (χ2n) is 2.79. The van der Waals surface area contributed by atoms with Crippen LogP contribution in [0.4, 0.5) is 0 Å². The fourth-order valence-electron chi connectivity index (χ4n) is 1.10. The molecule has 13 heavy (non-hydrogen) atoms. The number of ether oxygens (including phenoxy) is 2. The van der Waals surface area contributed by atoms with Gasteiger partial charge in [-0.3, -0.25) is 9.59 Å². The van der Waals surface area contributed by atoms with Crippen molar-refractivity contribution >= 4 is 11.9 Å². The minimum Gasteiger partial charge on any atom is -0.469 e. The van der Waals surface area contributed by atoms with Crippen LogP contribution in [0.1, 0.15) is 26.2 Å². The van der Waals surface area contributed by atoms with E-state index in [-0.39, 0.29) is 24.3 Å². The van der Waals surface area contributed by atoms with Gasteiger partial charge in [0.15, 0.2) is 0 Å². The highest BCUT2D eigenvalue weighted by Crippen LogP contribution is 2.13. The zero-order chi connectivity index (χ0) is 10.3. The molecule has 0 radical (unpaired) electrons. The van der Waals surface area contributed by atoms with Crippen molar-refractivity contribution in [2.24, 2.45) is 5.92 Å². The third-order valence-corrected chi connectivity index (χ3v) is 1.81. The predicted molar refractivity (Wildman–Crippen MR) is 47.0 cm³/mol. The van der Waals surface area contributed by atoms with E-state index in [4.69, 9.17) is 0 Å². The number of hydrogen-bond donors (Lipinski definition) is 0. The van der Waals surface area contributed by atoms with Crippen molar-refractivity contribution in [1.82, 2.24) is 0 Å². The molecule has 0 aromatic heterocycles. The lowest BCUT2D eigenvalue weighted by Gasteiger charge is -2.11. The Morgan fingerprint density at radius 2 is 1.85 bits per heavy atom. The van der Waals surface area contributed by atoms with Crippen LogP contribution in [0.25, 0.3) is 0 Å². The van der Waals surface area contributed by atoms with Crippen molar-refractivity contribution in [3.8, 4) is 0 Å². The van der Waals surface area contributed by atoms with Crippen LogP contribution in [0.15, 0.2) is 0 Å². The van der Waals surface area contributed by atoms with Gasteiger partial charge in [0.05, 0.1) is 26.6 Å². The second kappa shape index (κ2) is 6.46. The minimum atomic E-state index is -0.371. The molecule has 0 bridgehead atoms. The molecule has 0 saturated heterocycles. The molecule has 0 aromatic carbocycles. The minimum absolute atomic E-state index is 0.108. The fourth-order valence-corrected chi connectivity index (χ4v) is 1.10. The molecule has 0 spiro atoms. The molecule has 0 heterocycles. The van der Waals surface area contributed by atoms with Gasteiger partial charge in [-0.15, -0.1) is 0 Å². The summed E-state index contributed by atoms with van der Waals surface area (Å²) in [5, 5.41) is 0. The summed E-state index contributed by atoms with van der Waals surface area (Å²) < 4.78 is 9.04. The standard InChI is InChI=1S/C9H16O4/c1-4-5-7(9(11)13-3)6-8(10)12-2/h7H,4-6H2,1-3H3. The maximum Gasteiger partial charge on any atom is 0.309 e. The van der Waals surface area contributed by atoms with Crippen LogP contribution in [0.3, 0.4) is 0 Å². The lowest BCUT2D eigenvalue weighted by atomic mass is 10.0. The predicted octanol–water partition coefficient (Wildman–Crippen LogP) is 1.14. The molecule has 0 saturated carbocycles. The lowest BCUT2D eigenvalue weighted by Crippen LogP contribution is -2.20. The maximum absolute atomic E-state index is 11.1. The highest BCUT2D eigenvalue weighted by atomic mass is 16.5. The molecule has 0 aromatic rings. The first-order valence-corrected chi connectivity index (χ1v) is 4.30. The smallest absolute Gasteiger partial charge is 0.309 e. The van der Waals surface area contributed by atoms with Gasteiger partial charge in [0, 0.05) is 0 Å². The van der Waals surface area contributed by atoms with Crippen molar-refractivity contribution in [1.29, 1.82) is 0 Å². The van der Waals surface area contributed by atoms with Crippen molar-refractivity contribution in [3.63, 3.8) is 0 Å². The van der Waals surface area contributed by atoms with E-state index in [2.05, 4.69) is 9.47 Å². The van der Waals surface area contributed by atoms with Gasteiger partial charge in [-0.1, -0.05) is 13.3 Å². The number of carbonyl (C=O) groups excluding carboxylic acids is 2. The van der Waals surface area contributed by atoms with Crippen molar-refractivity contribution in [2.75, 3.05) is 14.2 Å². The van der Waals surface area contributed by atoms with E-state index in [9.17, 15) is 9.59 Å². The first-order valence-electron chi connectivity index (χ1n) is 4.30. The van der Waals surface area contributed by atoms with Crippen LogP contribution in [0.2, 0.25) is 0 Å². The van der Waals surface area contributed by atoms with Crippen LogP contribution < -0.4 is 0 Å². The third kappa shape index (κ3) is 4.50. The van der Waals surface area contributed by atoms with E-state index in [1.807, 2.05) is 6.92 Å². The summed E-state index contributed by atoms with van der Waals surface area (Å²) >= 11 is 0. The number of carbonyl (C=O) groups is 2. The first kappa shape index (κ1) is 11.9. The molecule has 0 aliphatic heterocycles. The summed E-state index contributed by atoms with van der Waals surface area (Å²) in [5.74, 6) is -1.07. The van der Waals surface area contributed by atoms with E-state index < -0.39 is 0 Å². The highest BCUT2D eigenvalue weighted by molar-refractivity contribution is 5.79. The summed E-state index contributed by atoms with van der Waals surface area (Å²) in [6, 6.07) is 0. The van der Waals surface area contributed by atoms with Gasteiger partial charge in [-0.2, -0.15) is 0 Å². The Morgan fingerprint density at radius 1 is 1.23 bits per heavy atom. The normalized spacial score (nSPS) is 11.9. The number of methoxy groups -OCH3 is 2. The molecule has 0 rings (SSSR count). The average molecular weight is 188 g/mol. The molecule has 4 nitrogen and oxygen atoms in total. The van der Waals surface area contributed by atoms with E-state index in [1.165, 1.54) is 14.2 Å². The third-order valence-electron chi connectivity index (χ3n) is 1.81. The first-order chi connectivity index (χ1) is 6.15. The Bertz CT molecular complexity index is 176. The summed E-state index contributed by atoms with van der Waals surface area (Å²) in [4.78, 5) is 22.0. The van der Waals surface area contributed by atoms with E-state index in [0.29, 0.717) is 6.42 Å². The van der Waals surface area contributed by atoms with Crippen molar-refractivity contribution in [3.05, 3.63) is 0 Å². The molecule has 4 heteroatoms. The molecule has 0 aliphatic carbocycles. The van der Waals surface area contributed by atoms with Crippen LogP contribution in [-0.4, -0.2) is 26.2 Å². The molecule has 1 atom stereocenters. The second-order valence-corrected chi connectivity index (χ2v) is 2.79. The molecule has 0 N–H and O–H groups in total. The summed E-state index contributed by atoms with van der Waals surface area (Å²) in [7, 11) is 2.63. The Labute approximate surface area is 78.2 Å². The average Bonchev–Trinajstić information content (AvgIpc) is 2.15. The summed E-state index contributed by atoms with van der Waals surface area (Å²) in [5.41, 5.74) is 0. The summed E-state index contributed by atoms with van der Waals surface area (Å²) in [6.45, 7) is 1.95. The van der Waals surface area contributed by atoms with Crippen LogP contribution >= 0.6 is 0 Å². The SMILES string of the molecule is CCCC(CC(=O)OC)C(=O)OC. The number of hydrogen-bond acceptors (Lipinski definition) is 4. The van der Waals surface area contributed by atoms with Gasteiger partial charge < -0.3 is 9.47 Å². The quantitative estimate of drug-likeness (QED) is 0.607. The van der Waals surface area contributed by atoms with Crippen molar-refractivity contribution in [2.45, 2.75) is 26.2 Å². The van der Waals surface area contributed by atoms with Crippen LogP contribution in [-0.2, 0) is 19.1 Å². The molecule has 76 valence electrons. The molecule has 1 unspecified atom stereocenters. The monoisotopic (exact) mass is 188 g/mol. The van der Waals surface area contributed by atoms with Gasteiger partial charge >= 0.3 is 11.9 Å². The van der Waals surface area contributed by atoms with Gasteiger partial charge in [-0.05, 0) is 6.42 Å². The zero-order valence-corrected chi connectivity index (χ0v) is 8.33. The Balaban J connectivity index is 4.08. The summed E-state index contributed by atoms with van der Waals surface area (Å²) in [6.07, 6.45) is 1.61. The Morgan fingerprint density at radius 3 is 2.23 bits per heavy atom. The van der Waals surface area contributed by atoms with E-state index in [0.717, 1.165) is 6.42 Å². The van der Waals surface area contributed by atoms with E-state index in [1.54, 1.807) is 0 Å². The molecule has 0 amide bonds. The van der Waals surface area contributed by atoms with Crippen molar-refractivity contribution < 1.29 is 19.1 Å². The fraction of sp³-hybridized carbons (Fsp3) is 0.778. The zero-order valence-electron chi connectivity index (χ0n) is 8.33. The number of rotatable bonds is 5. The number of esters is 2. The lowest BCUT2D eigenvalue weighted by molar-refractivity contribution is -0.152. The molecule has 0 aliphatic rings. The molecular formula is C9H16O4. The van der Waals surface area contributed by atoms with Crippen LogP contribution in [0, 0.1) is 5.92 Å². The Hall–Kier alpha value is -1.06.